The van der Waals surface area contributed by atoms with Crippen molar-refractivity contribution in [2.45, 2.75) is 23.8 Å². The Morgan fingerprint density at radius 2 is 2.20 bits per heavy atom. The molecule has 0 atom stereocenters. The maximum Gasteiger partial charge on any atom is 0.352 e. The number of aromatic carboxylic acids is 1. The molecule has 0 spiro atoms. The normalized spacial score (nSPS) is 15.8. The number of carbonyl (C=O) groups is 1. The molecule has 0 bridgehead atoms. The van der Waals surface area contributed by atoms with Crippen molar-refractivity contribution in [1.29, 1.82) is 0 Å². The van der Waals surface area contributed by atoms with Gasteiger partial charge in [-0.25, -0.2) is 17.5 Å². The maximum absolute atomic E-state index is 12.4. The largest absolute Gasteiger partial charge is 0.477 e. The molecule has 6 nitrogen and oxygen atoms in total. The van der Waals surface area contributed by atoms with Gasteiger partial charge in [-0.05, 0) is 25.2 Å². The van der Waals surface area contributed by atoms with Crippen molar-refractivity contribution in [2.75, 3.05) is 25.6 Å². The molecule has 0 saturated heterocycles. The molecule has 112 valence electrons. The molecule has 8 heteroatoms. The van der Waals surface area contributed by atoms with Crippen molar-refractivity contribution in [3.8, 4) is 0 Å². The summed E-state index contributed by atoms with van der Waals surface area (Å²) in [5, 5.41) is 9.17. The van der Waals surface area contributed by atoms with Gasteiger partial charge in [-0.15, -0.1) is 0 Å². The fourth-order valence-corrected chi connectivity index (χ4v) is 3.71. The minimum atomic E-state index is -3.62. The lowest BCUT2D eigenvalue weighted by Gasteiger charge is -2.15. The monoisotopic (exact) mass is 318 g/mol. The van der Waals surface area contributed by atoms with Gasteiger partial charge >= 0.3 is 5.97 Å². The number of hydrogen-bond donors (Lipinski definition) is 1. The highest BCUT2D eigenvalue weighted by Crippen LogP contribution is 2.37. The molecular weight excluding hydrogens is 300 g/mol. The van der Waals surface area contributed by atoms with Crippen LogP contribution in [0.1, 0.15) is 29.4 Å². The van der Waals surface area contributed by atoms with E-state index in [1.165, 1.54) is 23.6 Å². The topological polar surface area (TPSA) is 79.6 Å². The Morgan fingerprint density at radius 3 is 2.70 bits per heavy atom. The Morgan fingerprint density at radius 1 is 1.55 bits per heavy atom. The number of aromatic nitrogens is 1. The van der Waals surface area contributed by atoms with Gasteiger partial charge in [0, 0.05) is 31.6 Å². The van der Waals surface area contributed by atoms with Gasteiger partial charge in [-0.3, -0.25) is 0 Å². The van der Waals surface area contributed by atoms with Crippen molar-refractivity contribution < 1.29 is 18.3 Å². The van der Waals surface area contributed by atoms with E-state index in [0.29, 0.717) is 12.3 Å². The van der Waals surface area contributed by atoms with Gasteiger partial charge < -0.3 is 9.67 Å². The van der Waals surface area contributed by atoms with Crippen LogP contribution in [0, 0.1) is 0 Å². The molecule has 1 aliphatic carbocycles. The highest BCUT2D eigenvalue weighted by Gasteiger charge is 2.31. The zero-order chi connectivity index (χ0) is 14.9. The number of carboxylic acid groups (broad SMARTS) is 1. The minimum Gasteiger partial charge on any atom is -0.477 e. The Bertz CT molecular complexity index is 605. The third-order valence-corrected chi connectivity index (χ3v) is 5.71. The Labute approximate surface area is 122 Å². The zero-order valence-corrected chi connectivity index (χ0v) is 13.1. The van der Waals surface area contributed by atoms with Gasteiger partial charge in [0.1, 0.15) is 10.6 Å². The second-order valence-corrected chi connectivity index (χ2v) is 7.85. The van der Waals surface area contributed by atoms with Gasteiger partial charge in [0.05, 0.1) is 0 Å². The Balaban J connectivity index is 2.32. The molecular formula is C12H18N2O4S2. The van der Waals surface area contributed by atoms with E-state index in [4.69, 9.17) is 5.11 Å². The second kappa shape index (κ2) is 5.79. The summed E-state index contributed by atoms with van der Waals surface area (Å²) < 4.78 is 27.6. The third kappa shape index (κ3) is 3.02. The summed E-state index contributed by atoms with van der Waals surface area (Å²) in [6, 6.07) is 1.38. The summed E-state index contributed by atoms with van der Waals surface area (Å²) in [4.78, 5) is 11.3. The fourth-order valence-electron chi connectivity index (χ4n) is 1.94. The molecule has 1 aromatic rings. The molecule has 0 unspecified atom stereocenters. The molecule has 0 radical (unpaired) electrons. The zero-order valence-electron chi connectivity index (χ0n) is 11.4. The molecule has 1 aromatic heterocycles. The number of hydrogen-bond acceptors (Lipinski definition) is 4. The highest BCUT2D eigenvalue weighted by atomic mass is 32.2. The maximum atomic E-state index is 12.4. The predicted molar refractivity (Wildman–Crippen MR) is 77.9 cm³/mol. The van der Waals surface area contributed by atoms with Gasteiger partial charge in [-0.2, -0.15) is 11.8 Å². The predicted octanol–water partition coefficient (Wildman–Crippen LogP) is 1.50. The Hall–Kier alpha value is -0.990. The van der Waals surface area contributed by atoms with Crippen molar-refractivity contribution in [3.05, 3.63) is 18.0 Å². The number of nitrogens with zero attached hydrogens (tertiary/aromatic N) is 2. The van der Waals surface area contributed by atoms with E-state index in [0.717, 1.165) is 12.8 Å². The van der Waals surface area contributed by atoms with Crippen LogP contribution in [-0.4, -0.2) is 54.0 Å². The fraction of sp³-hybridized carbons (Fsp3) is 0.583. The molecule has 0 aliphatic heterocycles. The van der Waals surface area contributed by atoms with E-state index in [1.807, 2.05) is 6.26 Å². The van der Waals surface area contributed by atoms with E-state index < -0.39 is 16.0 Å². The van der Waals surface area contributed by atoms with Crippen LogP contribution in [0.3, 0.4) is 0 Å². The molecule has 1 fully saturated rings. The van der Waals surface area contributed by atoms with Gasteiger partial charge in [0.15, 0.2) is 0 Å². The quantitative estimate of drug-likeness (QED) is 0.824. The number of carboxylic acids is 1. The highest BCUT2D eigenvalue weighted by molar-refractivity contribution is 7.98. The lowest BCUT2D eigenvalue weighted by atomic mass is 10.4. The van der Waals surface area contributed by atoms with Crippen LogP contribution >= 0.6 is 11.8 Å². The molecule has 0 aromatic carbocycles. The summed E-state index contributed by atoms with van der Waals surface area (Å²) >= 11 is 1.56. The van der Waals surface area contributed by atoms with Crippen LogP contribution in [0.25, 0.3) is 0 Å². The van der Waals surface area contributed by atoms with Crippen LogP contribution in [0.2, 0.25) is 0 Å². The van der Waals surface area contributed by atoms with Gasteiger partial charge in [0.25, 0.3) is 0 Å². The third-order valence-electron chi connectivity index (χ3n) is 3.30. The first kappa shape index (κ1) is 15.4. The van der Waals surface area contributed by atoms with E-state index in [2.05, 4.69) is 0 Å². The SMILES string of the molecule is CSCCN(C)S(=O)(=O)c1cc(C(=O)O)n(C2CC2)c1. The average Bonchev–Trinajstić information content (AvgIpc) is 3.13. The lowest BCUT2D eigenvalue weighted by Crippen LogP contribution is -2.28. The first-order valence-electron chi connectivity index (χ1n) is 6.28. The molecule has 2 rings (SSSR count). The molecule has 1 N–H and O–H groups in total. The van der Waals surface area contributed by atoms with Crippen molar-refractivity contribution >= 4 is 27.8 Å². The van der Waals surface area contributed by atoms with Crippen molar-refractivity contribution in [3.63, 3.8) is 0 Å². The van der Waals surface area contributed by atoms with Gasteiger partial charge in [-0.1, -0.05) is 0 Å². The summed E-state index contributed by atoms with van der Waals surface area (Å²) in [6.07, 6.45) is 5.16. The number of rotatable bonds is 7. The average molecular weight is 318 g/mol. The standard InChI is InChI=1S/C12H18N2O4S2/c1-13(5-6-19-2)20(17,18)10-7-11(12(15)16)14(8-10)9-3-4-9/h7-9H,3-6H2,1-2H3,(H,15,16). The van der Waals surface area contributed by atoms with Crippen LogP contribution in [-0.2, 0) is 10.0 Å². The molecule has 1 saturated carbocycles. The summed E-state index contributed by atoms with van der Waals surface area (Å²) in [5.74, 6) is -0.393. The first-order valence-corrected chi connectivity index (χ1v) is 9.11. The molecule has 1 aliphatic rings. The van der Waals surface area contributed by atoms with E-state index in [9.17, 15) is 13.2 Å². The lowest BCUT2D eigenvalue weighted by molar-refractivity contribution is 0.0685. The van der Waals surface area contributed by atoms with Crippen LogP contribution in [0.5, 0.6) is 0 Å². The van der Waals surface area contributed by atoms with Gasteiger partial charge in [0.2, 0.25) is 10.0 Å². The summed E-state index contributed by atoms with van der Waals surface area (Å²) in [7, 11) is -2.10. The van der Waals surface area contributed by atoms with Crippen molar-refractivity contribution in [2.24, 2.45) is 0 Å². The number of thioether (sulfide) groups is 1. The van der Waals surface area contributed by atoms with Crippen molar-refractivity contribution in [1.82, 2.24) is 8.87 Å². The molecule has 1 heterocycles. The van der Waals surface area contributed by atoms with Crippen LogP contribution < -0.4 is 0 Å². The number of sulfonamides is 1. The van der Waals surface area contributed by atoms with Crippen LogP contribution in [0.15, 0.2) is 17.2 Å². The Kier molecular flexibility index (Phi) is 4.46. The molecule has 20 heavy (non-hydrogen) atoms. The first-order chi connectivity index (χ1) is 9.37. The summed E-state index contributed by atoms with van der Waals surface area (Å²) in [6.45, 7) is 0.403. The van der Waals surface area contributed by atoms with E-state index in [1.54, 1.807) is 16.3 Å². The minimum absolute atomic E-state index is 0.0457. The van der Waals surface area contributed by atoms with Crippen LogP contribution in [0.4, 0.5) is 0 Å². The summed E-state index contributed by atoms with van der Waals surface area (Å²) in [5.41, 5.74) is 0.0457. The van der Waals surface area contributed by atoms with E-state index in [-0.39, 0.29) is 16.6 Å². The smallest absolute Gasteiger partial charge is 0.352 e. The van der Waals surface area contributed by atoms with E-state index >= 15 is 0 Å². The second-order valence-electron chi connectivity index (χ2n) is 4.82. The molecule has 0 amide bonds.